The molecule has 6 rings (SSSR count). The van der Waals surface area contributed by atoms with Crippen molar-refractivity contribution in [3.63, 3.8) is 0 Å². The van der Waals surface area contributed by atoms with E-state index in [0.29, 0.717) is 0 Å². The molecule has 2 aliphatic rings. The van der Waals surface area contributed by atoms with Gasteiger partial charge in [-0.2, -0.15) is 0 Å². The maximum atomic E-state index is 5.00. The standard InChI is InChI=1S/C25H23NSi2/c1-27(2)19-10-7-11-20-23(19)24-21(27)12-13-26-25(24)18-14-16-8-5-6-9-17(16)15-22(18)28(20,3)4/h5-15H,1-4H3. The van der Waals surface area contributed by atoms with Crippen molar-refractivity contribution >= 4 is 47.7 Å². The summed E-state index contributed by atoms with van der Waals surface area (Å²) in [5.41, 5.74) is 5.55. The molecule has 0 amide bonds. The minimum absolute atomic E-state index is 1.21. The largest absolute Gasteiger partial charge is 0.256 e. The van der Waals surface area contributed by atoms with Gasteiger partial charge in [-0.05, 0) is 49.2 Å². The lowest BCUT2D eigenvalue weighted by Gasteiger charge is -2.28. The Labute approximate surface area is 168 Å². The molecule has 3 aromatic carbocycles. The second-order valence-electron chi connectivity index (χ2n) is 9.31. The Bertz CT molecular complexity index is 1320. The summed E-state index contributed by atoms with van der Waals surface area (Å²) in [5, 5.41) is 8.93. The zero-order chi connectivity index (χ0) is 19.3. The van der Waals surface area contributed by atoms with E-state index in [0.717, 1.165) is 0 Å². The topological polar surface area (TPSA) is 12.9 Å². The van der Waals surface area contributed by atoms with Gasteiger partial charge in [0.15, 0.2) is 0 Å². The van der Waals surface area contributed by atoms with E-state index < -0.39 is 16.1 Å². The van der Waals surface area contributed by atoms with E-state index in [1.165, 1.54) is 38.3 Å². The normalized spacial score (nSPS) is 17.1. The molecule has 0 unspecified atom stereocenters. The molecule has 0 saturated heterocycles. The lowest BCUT2D eigenvalue weighted by molar-refractivity contribution is 1.35. The molecule has 4 aromatic rings. The van der Waals surface area contributed by atoms with Crippen LogP contribution in [-0.2, 0) is 0 Å². The van der Waals surface area contributed by atoms with Crippen LogP contribution in [-0.4, -0.2) is 21.1 Å². The molecule has 0 aliphatic carbocycles. The predicted molar refractivity (Wildman–Crippen MR) is 126 cm³/mol. The van der Waals surface area contributed by atoms with E-state index in [2.05, 4.69) is 86.9 Å². The minimum atomic E-state index is -1.88. The van der Waals surface area contributed by atoms with Crippen molar-refractivity contribution in [2.45, 2.75) is 26.2 Å². The van der Waals surface area contributed by atoms with E-state index in [9.17, 15) is 0 Å². The summed E-state index contributed by atoms with van der Waals surface area (Å²) >= 11 is 0. The smallest absolute Gasteiger partial charge is 0.114 e. The Balaban J connectivity index is 1.88. The molecule has 0 spiro atoms. The molecule has 0 fully saturated rings. The van der Waals surface area contributed by atoms with Gasteiger partial charge >= 0.3 is 0 Å². The van der Waals surface area contributed by atoms with Gasteiger partial charge in [-0.1, -0.05) is 74.7 Å². The second-order valence-corrected chi connectivity index (χ2v) is 18.0. The van der Waals surface area contributed by atoms with Gasteiger partial charge in [-0.3, -0.25) is 4.98 Å². The number of pyridine rings is 1. The van der Waals surface area contributed by atoms with Crippen molar-refractivity contribution in [3.8, 4) is 22.4 Å². The van der Waals surface area contributed by atoms with Gasteiger partial charge in [-0.15, -0.1) is 0 Å². The van der Waals surface area contributed by atoms with E-state index in [4.69, 9.17) is 4.98 Å². The Morgan fingerprint density at radius 3 is 1.93 bits per heavy atom. The van der Waals surface area contributed by atoms with E-state index in [1.807, 2.05) is 6.20 Å². The third-order valence-corrected chi connectivity index (χ3v) is 14.2. The highest BCUT2D eigenvalue weighted by molar-refractivity contribution is 7.07. The van der Waals surface area contributed by atoms with Crippen molar-refractivity contribution < 1.29 is 0 Å². The first-order chi connectivity index (χ1) is 13.4. The SMILES string of the molecule is C[Si]1(C)c2cc3ccccc3cc2-c2nccc3c2-c2c1cccc2[Si]3(C)C. The van der Waals surface area contributed by atoms with Crippen LogP contribution in [0.15, 0.2) is 66.9 Å². The Kier molecular flexibility index (Phi) is 3.00. The fourth-order valence-corrected chi connectivity index (χ4v) is 11.8. The molecular weight excluding hydrogens is 370 g/mol. The first-order valence-electron chi connectivity index (χ1n) is 10.1. The van der Waals surface area contributed by atoms with Crippen LogP contribution in [0.2, 0.25) is 26.2 Å². The molecule has 0 saturated carbocycles. The van der Waals surface area contributed by atoms with Crippen LogP contribution in [0.1, 0.15) is 0 Å². The minimum Gasteiger partial charge on any atom is -0.256 e. The lowest BCUT2D eigenvalue weighted by Crippen LogP contribution is -2.56. The Morgan fingerprint density at radius 2 is 1.21 bits per heavy atom. The molecule has 3 heterocycles. The Hall–Kier alpha value is -2.50. The first kappa shape index (κ1) is 16.5. The molecule has 28 heavy (non-hydrogen) atoms. The van der Waals surface area contributed by atoms with Crippen LogP contribution in [0.5, 0.6) is 0 Å². The molecule has 0 radical (unpaired) electrons. The van der Waals surface area contributed by atoms with Gasteiger partial charge in [0.1, 0.15) is 16.1 Å². The molecule has 1 nitrogen and oxygen atoms in total. The van der Waals surface area contributed by atoms with Gasteiger partial charge in [0, 0.05) is 17.3 Å². The predicted octanol–water partition coefficient (Wildman–Crippen LogP) is 3.84. The molecule has 1 aromatic heterocycles. The highest BCUT2D eigenvalue weighted by Crippen LogP contribution is 2.38. The van der Waals surface area contributed by atoms with Crippen LogP contribution in [0.4, 0.5) is 0 Å². The fourth-order valence-electron chi connectivity index (χ4n) is 5.55. The van der Waals surface area contributed by atoms with Crippen molar-refractivity contribution in [2.24, 2.45) is 0 Å². The van der Waals surface area contributed by atoms with Crippen molar-refractivity contribution in [1.82, 2.24) is 4.98 Å². The van der Waals surface area contributed by atoms with Gasteiger partial charge < -0.3 is 0 Å². The number of aromatic nitrogens is 1. The summed E-state index contributed by atoms with van der Waals surface area (Å²) in [6.07, 6.45) is 2.05. The van der Waals surface area contributed by atoms with Gasteiger partial charge in [0.2, 0.25) is 0 Å². The third-order valence-electron chi connectivity index (χ3n) is 7.10. The summed E-state index contributed by atoms with van der Waals surface area (Å²) in [6.45, 7) is 10.1. The zero-order valence-corrected chi connectivity index (χ0v) is 18.8. The van der Waals surface area contributed by atoms with E-state index in [-0.39, 0.29) is 0 Å². The number of nitrogens with zero attached hydrogens (tertiary/aromatic N) is 1. The van der Waals surface area contributed by atoms with Crippen molar-refractivity contribution in [2.75, 3.05) is 0 Å². The number of benzene rings is 3. The third kappa shape index (κ3) is 1.84. The van der Waals surface area contributed by atoms with Crippen LogP contribution in [0.25, 0.3) is 33.2 Å². The van der Waals surface area contributed by atoms with Crippen LogP contribution < -0.4 is 20.7 Å². The first-order valence-corrected chi connectivity index (χ1v) is 16.1. The summed E-state index contributed by atoms with van der Waals surface area (Å²) in [5.74, 6) is 0. The highest BCUT2D eigenvalue weighted by atomic mass is 28.3. The Morgan fingerprint density at radius 1 is 0.607 bits per heavy atom. The molecule has 136 valence electrons. The number of hydrogen-bond donors (Lipinski definition) is 0. The lowest BCUT2D eigenvalue weighted by atomic mass is 9.97. The summed E-state index contributed by atoms with van der Waals surface area (Å²) in [6, 6.07) is 23.0. The number of fused-ring (bicyclic) bond motifs is 3. The van der Waals surface area contributed by atoms with Crippen LogP contribution in [0.3, 0.4) is 0 Å². The molecule has 0 bridgehead atoms. The molecule has 3 heteroatoms. The van der Waals surface area contributed by atoms with E-state index >= 15 is 0 Å². The number of hydrogen-bond acceptors (Lipinski definition) is 1. The summed E-state index contributed by atoms with van der Waals surface area (Å²) in [4.78, 5) is 5.00. The molecule has 2 aliphatic heterocycles. The summed E-state index contributed by atoms with van der Waals surface area (Å²) in [7, 11) is -3.56. The highest BCUT2D eigenvalue weighted by Gasteiger charge is 2.45. The monoisotopic (exact) mass is 393 g/mol. The van der Waals surface area contributed by atoms with Gasteiger partial charge in [0.05, 0.1) is 5.69 Å². The molecule has 0 atom stereocenters. The van der Waals surface area contributed by atoms with E-state index in [1.54, 1.807) is 15.6 Å². The van der Waals surface area contributed by atoms with Gasteiger partial charge in [0.25, 0.3) is 0 Å². The second kappa shape index (κ2) is 5.10. The number of rotatable bonds is 0. The maximum Gasteiger partial charge on any atom is 0.114 e. The quantitative estimate of drug-likeness (QED) is 0.414. The van der Waals surface area contributed by atoms with Gasteiger partial charge in [-0.25, -0.2) is 0 Å². The summed E-state index contributed by atoms with van der Waals surface area (Å²) < 4.78 is 0. The zero-order valence-electron chi connectivity index (χ0n) is 16.8. The van der Waals surface area contributed by atoms with Crippen LogP contribution >= 0.6 is 0 Å². The fraction of sp³-hybridized carbons (Fsp3) is 0.160. The van der Waals surface area contributed by atoms with Crippen molar-refractivity contribution in [1.29, 1.82) is 0 Å². The maximum absolute atomic E-state index is 5.00. The average molecular weight is 394 g/mol. The molecule has 0 N–H and O–H groups in total. The van der Waals surface area contributed by atoms with Crippen LogP contribution in [0, 0.1) is 0 Å². The average Bonchev–Trinajstić information content (AvgIpc) is 2.90. The molecular formula is C25H23NSi2. The van der Waals surface area contributed by atoms with Crippen molar-refractivity contribution in [3.05, 3.63) is 66.9 Å².